The molecule has 0 aliphatic carbocycles. The van der Waals surface area contributed by atoms with Crippen molar-refractivity contribution in [3.8, 4) is 0 Å². The molecule has 0 aliphatic heterocycles. The lowest BCUT2D eigenvalue weighted by atomic mass is 10.2. The van der Waals surface area contributed by atoms with Crippen LogP contribution >= 0.6 is 11.6 Å². The number of carbonyl (C=O) groups is 1. The molecule has 86 valence electrons. The first-order valence-corrected chi connectivity index (χ1v) is 5.70. The van der Waals surface area contributed by atoms with Gasteiger partial charge >= 0.3 is 0 Å². The van der Waals surface area contributed by atoms with Crippen LogP contribution in [0.2, 0.25) is 0 Å². The van der Waals surface area contributed by atoms with Crippen molar-refractivity contribution in [1.29, 1.82) is 0 Å². The van der Waals surface area contributed by atoms with E-state index in [-0.39, 0.29) is 5.91 Å². The molecule has 0 saturated carbocycles. The van der Waals surface area contributed by atoms with Crippen molar-refractivity contribution in [2.75, 3.05) is 5.32 Å². The Bertz CT molecular complexity index is 497. The number of alkyl halides is 1. The van der Waals surface area contributed by atoms with Crippen molar-refractivity contribution in [2.45, 2.75) is 5.88 Å². The highest BCUT2D eigenvalue weighted by molar-refractivity contribution is 6.16. The van der Waals surface area contributed by atoms with Gasteiger partial charge in [-0.1, -0.05) is 18.2 Å². The molecule has 0 aliphatic rings. The Hall–Kier alpha value is -1.87. The number of carbonyl (C=O) groups excluding carboxylic acids is 1. The quantitative estimate of drug-likeness (QED) is 0.846. The van der Waals surface area contributed by atoms with Gasteiger partial charge in [0.25, 0.3) is 5.91 Å². The molecule has 0 saturated heterocycles. The van der Waals surface area contributed by atoms with Crippen LogP contribution in [0.5, 0.6) is 0 Å². The van der Waals surface area contributed by atoms with Crippen LogP contribution in [-0.4, -0.2) is 10.9 Å². The minimum Gasteiger partial charge on any atom is -0.322 e. The first-order valence-electron chi connectivity index (χ1n) is 5.17. The van der Waals surface area contributed by atoms with Crippen LogP contribution in [0.25, 0.3) is 0 Å². The minimum absolute atomic E-state index is 0.176. The van der Waals surface area contributed by atoms with Crippen molar-refractivity contribution in [3.05, 3.63) is 59.9 Å². The van der Waals surface area contributed by atoms with Gasteiger partial charge in [-0.3, -0.25) is 9.78 Å². The molecule has 0 atom stereocenters. The highest BCUT2D eigenvalue weighted by Crippen LogP contribution is 2.09. The average Bonchev–Trinajstić information content (AvgIpc) is 2.40. The Kier molecular flexibility index (Phi) is 3.73. The first-order chi connectivity index (χ1) is 8.29. The summed E-state index contributed by atoms with van der Waals surface area (Å²) in [6.07, 6.45) is 1.52. The highest BCUT2D eigenvalue weighted by atomic mass is 35.5. The summed E-state index contributed by atoms with van der Waals surface area (Å²) in [7, 11) is 0. The standard InChI is InChI=1S/C13H11ClN2O/c14-8-12-7-6-10(9-15-12)13(17)16-11-4-2-1-3-5-11/h1-7,9H,8H2,(H,16,17). The minimum atomic E-state index is -0.176. The smallest absolute Gasteiger partial charge is 0.257 e. The summed E-state index contributed by atoms with van der Waals surface area (Å²) >= 11 is 5.63. The molecule has 1 heterocycles. The molecule has 4 heteroatoms. The van der Waals surface area contributed by atoms with E-state index in [2.05, 4.69) is 10.3 Å². The lowest BCUT2D eigenvalue weighted by molar-refractivity contribution is 0.102. The van der Waals surface area contributed by atoms with Gasteiger partial charge in [-0.05, 0) is 24.3 Å². The third kappa shape index (κ3) is 3.04. The molecule has 1 N–H and O–H groups in total. The maximum absolute atomic E-state index is 11.8. The molecule has 0 bridgehead atoms. The highest BCUT2D eigenvalue weighted by Gasteiger charge is 2.05. The van der Waals surface area contributed by atoms with Crippen LogP contribution in [-0.2, 0) is 5.88 Å². The van der Waals surface area contributed by atoms with Crippen molar-refractivity contribution in [2.24, 2.45) is 0 Å². The summed E-state index contributed by atoms with van der Waals surface area (Å²) in [5.41, 5.74) is 2.03. The third-order valence-corrected chi connectivity index (χ3v) is 2.53. The molecule has 1 aromatic heterocycles. The van der Waals surface area contributed by atoms with E-state index in [1.54, 1.807) is 12.1 Å². The van der Waals surface area contributed by atoms with E-state index < -0.39 is 0 Å². The van der Waals surface area contributed by atoms with Gasteiger partial charge in [0.1, 0.15) is 0 Å². The summed E-state index contributed by atoms with van der Waals surface area (Å²) in [6, 6.07) is 12.7. The van der Waals surface area contributed by atoms with Gasteiger partial charge in [-0.15, -0.1) is 11.6 Å². The topological polar surface area (TPSA) is 42.0 Å². The van der Waals surface area contributed by atoms with Crippen molar-refractivity contribution < 1.29 is 4.79 Å². The van der Waals surface area contributed by atoms with Crippen LogP contribution < -0.4 is 5.32 Å². The predicted octanol–water partition coefficient (Wildman–Crippen LogP) is 3.07. The number of pyridine rings is 1. The number of nitrogens with zero attached hydrogens (tertiary/aromatic N) is 1. The van der Waals surface area contributed by atoms with Gasteiger partial charge in [-0.2, -0.15) is 0 Å². The number of benzene rings is 1. The molecule has 1 aromatic carbocycles. The number of halogens is 1. The molecule has 2 aromatic rings. The fourth-order valence-corrected chi connectivity index (χ4v) is 1.52. The van der Waals surface area contributed by atoms with Gasteiger partial charge < -0.3 is 5.32 Å². The molecular weight excluding hydrogens is 236 g/mol. The zero-order valence-electron chi connectivity index (χ0n) is 9.06. The van der Waals surface area contributed by atoms with Gasteiger partial charge in [0.05, 0.1) is 17.1 Å². The Labute approximate surface area is 104 Å². The van der Waals surface area contributed by atoms with Gasteiger partial charge in [-0.25, -0.2) is 0 Å². The van der Waals surface area contributed by atoms with Crippen molar-refractivity contribution in [3.63, 3.8) is 0 Å². The first kappa shape index (κ1) is 11.6. The molecule has 2 rings (SSSR count). The number of aromatic nitrogens is 1. The Morgan fingerprint density at radius 1 is 1.18 bits per heavy atom. The predicted molar refractivity (Wildman–Crippen MR) is 68.2 cm³/mol. The lowest BCUT2D eigenvalue weighted by Crippen LogP contribution is -2.12. The summed E-state index contributed by atoms with van der Waals surface area (Å²) in [6.45, 7) is 0. The molecular formula is C13H11ClN2O. The average molecular weight is 247 g/mol. The second-order valence-corrected chi connectivity index (χ2v) is 3.76. The maximum atomic E-state index is 11.8. The zero-order chi connectivity index (χ0) is 12.1. The van der Waals surface area contributed by atoms with E-state index in [1.807, 2.05) is 30.3 Å². The van der Waals surface area contributed by atoms with E-state index >= 15 is 0 Å². The number of anilines is 1. The number of hydrogen-bond donors (Lipinski definition) is 1. The SMILES string of the molecule is O=C(Nc1ccccc1)c1ccc(CCl)nc1. The molecule has 0 spiro atoms. The normalized spacial score (nSPS) is 9.94. The van der Waals surface area contributed by atoms with Crippen LogP contribution in [0.4, 0.5) is 5.69 Å². The lowest BCUT2D eigenvalue weighted by Gasteiger charge is -2.04. The van der Waals surface area contributed by atoms with Crippen LogP contribution in [0, 0.1) is 0 Å². The Morgan fingerprint density at radius 2 is 1.94 bits per heavy atom. The van der Waals surface area contributed by atoms with Crippen molar-refractivity contribution >= 4 is 23.2 Å². The number of nitrogens with one attached hydrogen (secondary N) is 1. The largest absolute Gasteiger partial charge is 0.322 e. The summed E-state index contributed by atoms with van der Waals surface area (Å²) in [5.74, 6) is 0.172. The number of para-hydroxylation sites is 1. The second-order valence-electron chi connectivity index (χ2n) is 3.49. The molecule has 17 heavy (non-hydrogen) atoms. The Morgan fingerprint density at radius 3 is 2.53 bits per heavy atom. The van der Waals surface area contributed by atoms with Gasteiger partial charge in [0, 0.05) is 11.9 Å². The van der Waals surface area contributed by atoms with E-state index in [0.717, 1.165) is 11.4 Å². The number of hydrogen-bond acceptors (Lipinski definition) is 2. The monoisotopic (exact) mass is 246 g/mol. The van der Waals surface area contributed by atoms with Gasteiger partial charge in [0.15, 0.2) is 0 Å². The fraction of sp³-hybridized carbons (Fsp3) is 0.0769. The van der Waals surface area contributed by atoms with Crippen LogP contribution in [0.1, 0.15) is 16.1 Å². The fourth-order valence-electron chi connectivity index (χ4n) is 1.36. The molecule has 0 unspecified atom stereocenters. The van der Waals surface area contributed by atoms with E-state index in [1.165, 1.54) is 6.20 Å². The van der Waals surface area contributed by atoms with E-state index in [0.29, 0.717) is 11.4 Å². The van der Waals surface area contributed by atoms with Crippen LogP contribution in [0.3, 0.4) is 0 Å². The van der Waals surface area contributed by atoms with Crippen LogP contribution in [0.15, 0.2) is 48.7 Å². The summed E-state index contributed by atoms with van der Waals surface area (Å²) in [4.78, 5) is 15.9. The number of rotatable bonds is 3. The number of amides is 1. The summed E-state index contributed by atoms with van der Waals surface area (Å²) < 4.78 is 0. The summed E-state index contributed by atoms with van der Waals surface area (Å²) in [5, 5.41) is 2.78. The van der Waals surface area contributed by atoms with Gasteiger partial charge in [0.2, 0.25) is 0 Å². The molecule has 0 fully saturated rings. The molecule has 3 nitrogen and oxygen atoms in total. The molecule has 0 radical (unpaired) electrons. The van der Waals surface area contributed by atoms with E-state index in [4.69, 9.17) is 11.6 Å². The van der Waals surface area contributed by atoms with Crippen molar-refractivity contribution in [1.82, 2.24) is 4.98 Å². The second kappa shape index (κ2) is 5.46. The Balaban J connectivity index is 2.09. The van der Waals surface area contributed by atoms with E-state index in [9.17, 15) is 4.79 Å². The molecule has 1 amide bonds. The maximum Gasteiger partial charge on any atom is 0.257 e. The third-order valence-electron chi connectivity index (χ3n) is 2.26. The zero-order valence-corrected chi connectivity index (χ0v) is 9.82.